The molecular formula is C18H13N5O3S2. The van der Waals surface area contributed by atoms with Crippen molar-refractivity contribution in [1.29, 1.82) is 0 Å². The molecule has 0 saturated heterocycles. The van der Waals surface area contributed by atoms with Crippen LogP contribution in [0, 0.1) is 0 Å². The second-order valence-corrected chi connectivity index (χ2v) is 7.95. The Hall–Kier alpha value is -3.24. The molecular weight excluding hydrogens is 398 g/mol. The van der Waals surface area contributed by atoms with Crippen LogP contribution in [0.2, 0.25) is 0 Å². The number of aromatic carboxylic acids is 1. The first-order valence-corrected chi connectivity index (χ1v) is 9.92. The van der Waals surface area contributed by atoms with E-state index in [4.69, 9.17) is 5.11 Å². The second kappa shape index (κ2) is 7.79. The molecule has 4 rings (SSSR count). The summed E-state index contributed by atoms with van der Waals surface area (Å²) in [5, 5.41) is 20.2. The molecule has 0 spiro atoms. The van der Waals surface area contributed by atoms with Gasteiger partial charge in [-0.3, -0.25) is 10.1 Å². The van der Waals surface area contributed by atoms with Crippen LogP contribution in [0.25, 0.3) is 11.0 Å². The standard InChI is InChI=1S/C18H13N5O3S2/c24-15(12-5-6-13-14(7-12)20-9-19-13)21-17-22-23-18(28-17)27-8-10-1-3-11(4-2-10)16(25)26/h1-7,9H,8H2,(H,19,20)(H,25,26)(H,21,22,24). The van der Waals surface area contributed by atoms with Crippen molar-refractivity contribution < 1.29 is 14.7 Å². The largest absolute Gasteiger partial charge is 0.478 e. The minimum Gasteiger partial charge on any atom is -0.478 e. The summed E-state index contributed by atoms with van der Waals surface area (Å²) in [6, 6.07) is 11.9. The molecule has 1 amide bonds. The number of H-pyrrole nitrogens is 1. The normalized spacial score (nSPS) is 10.9. The smallest absolute Gasteiger partial charge is 0.335 e. The SMILES string of the molecule is O=C(O)c1ccc(CSc2nnc(NC(=O)c3ccc4nc[nH]c4c3)s2)cc1. The highest BCUT2D eigenvalue weighted by Gasteiger charge is 2.12. The predicted octanol–water partition coefficient (Wildman–Crippen LogP) is 3.66. The van der Waals surface area contributed by atoms with E-state index >= 15 is 0 Å². The quantitative estimate of drug-likeness (QED) is 0.327. The number of aromatic nitrogens is 4. The number of carbonyl (C=O) groups is 2. The molecule has 8 nitrogen and oxygen atoms in total. The maximum absolute atomic E-state index is 12.4. The fourth-order valence-electron chi connectivity index (χ4n) is 2.45. The molecule has 2 aromatic heterocycles. The van der Waals surface area contributed by atoms with Crippen LogP contribution >= 0.6 is 23.1 Å². The van der Waals surface area contributed by atoms with Crippen LogP contribution < -0.4 is 5.32 Å². The van der Waals surface area contributed by atoms with Crippen molar-refractivity contribution >= 4 is 51.1 Å². The van der Waals surface area contributed by atoms with Gasteiger partial charge in [0.25, 0.3) is 5.91 Å². The molecule has 2 aromatic carbocycles. The minimum atomic E-state index is -0.949. The van der Waals surface area contributed by atoms with E-state index in [9.17, 15) is 9.59 Å². The predicted molar refractivity (Wildman–Crippen MR) is 107 cm³/mol. The van der Waals surface area contributed by atoms with E-state index in [0.717, 1.165) is 16.6 Å². The third kappa shape index (κ3) is 4.02. The number of amides is 1. The van der Waals surface area contributed by atoms with Gasteiger partial charge in [0.15, 0.2) is 4.34 Å². The Balaban J connectivity index is 1.37. The van der Waals surface area contributed by atoms with Gasteiger partial charge in [0.1, 0.15) is 0 Å². The molecule has 0 aliphatic rings. The topological polar surface area (TPSA) is 121 Å². The summed E-state index contributed by atoms with van der Waals surface area (Å²) >= 11 is 2.75. The van der Waals surface area contributed by atoms with Crippen molar-refractivity contribution in [2.45, 2.75) is 10.1 Å². The number of fused-ring (bicyclic) bond motifs is 1. The van der Waals surface area contributed by atoms with Crippen molar-refractivity contribution in [1.82, 2.24) is 20.2 Å². The van der Waals surface area contributed by atoms with Gasteiger partial charge in [-0.1, -0.05) is 35.2 Å². The van der Waals surface area contributed by atoms with Gasteiger partial charge in [0.05, 0.1) is 22.9 Å². The van der Waals surface area contributed by atoms with Crippen LogP contribution in [0.1, 0.15) is 26.3 Å². The summed E-state index contributed by atoms with van der Waals surface area (Å²) < 4.78 is 0.710. The molecule has 10 heteroatoms. The Morgan fingerprint density at radius 1 is 1.11 bits per heavy atom. The fraction of sp³-hybridized carbons (Fsp3) is 0.0556. The van der Waals surface area contributed by atoms with Crippen molar-refractivity contribution in [2.24, 2.45) is 0 Å². The van der Waals surface area contributed by atoms with Gasteiger partial charge in [-0.2, -0.15) is 0 Å². The summed E-state index contributed by atoms with van der Waals surface area (Å²) in [5.41, 5.74) is 3.31. The average Bonchev–Trinajstić information content (AvgIpc) is 3.35. The Morgan fingerprint density at radius 2 is 1.89 bits per heavy atom. The molecule has 0 atom stereocenters. The molecule has 4 aromatic rings. The van der Waals surface area contributed by atoms with Gasteiger partial charge >= 0.3 is 5.97 Å². The van der Waals surface area contributed by atoms with Gasteiger partial charge in [0, 0.05) is 11.3 Å². The third-order valence-corrected chi connectivity index (χ3v) is 5.92. The summed E-state index contributed by atoms with van der Waals surface area (Å²) in [4.78, 5) is 30.4. The van der Waals surface area contributed by atoms with Crippen LogP contribution in [-0.2, 0) is 5.75 Å². The molecule has 0 aliphatic carbocycles. The van der Waals surface area contributed by atoms with E-state index in [2.05, 4.69) is 25.5 Å². The van der Waals surface area contributed by atoms with Crippen LogP contribution in [0.4, 0.5) is 5.13 Å². The van der Waals surface area contributed by atoms with Gasteiger partial charge < -0.3 is 10.1 Å². The van der Waals surface area contributed by atoms with Crippen LogP contribution in [0.3, 0.4) is 0 Å². The number of carboxylic acids is 1. The number of hydrogen-bond acceptors (Lipinski definition) is 7. The Morgan fingerprint density at radius 3 is 2.68 bits per heavy atom. The monoisotopic (exact) mass is 411 g/mol. The van der Waals surface area contributed by atoms with Gasteiger partial charge in [-0.25, -0.2) is 9.78 Å². The molecule has 0 aliphatic heterocycles. The number of aromatic amines is 1. The zero-order valence-electron chi connectivity index (χ0n) is 14.2. The van der Waals surface area contributed by atoms with Crippen LogP contribution in [0.15, 0.2) is 53.1 Å². The summed E-state index contributed by atoms with van der Waals surface area (Å²) in [6.07, 6.45) is 1.58. The van der Waals surface area contributed by atoms with Crippen molar-refractivity contribution in [3.63, 3.8) is 0 Å². The number of carboxylic acid groups (broad SMARTS) is 1. The van der Waals surface area contributed by atoms with Gasteiger partial charge in [-0.15, -0.1) is 10.2 Å². The zero-order chi connectivity index (χ0) is 19.5. The zero-order valence-corrected chi connectivity index (χ0v) is 15.9. The van der Waals surface area contributed by atoms with E-state index in [1.807, 2.05) is 0 Å². The first kappa shape index (κ1) is 18.1. The second-order valence-electron chi connectivity index (χ2n) is 5.75. The molecule has 3 N–H and O–H groups in total. The number of carbonyl (C=O) groups excluding carboxylic acids is 1. The lowest BCUT2D eigenvalue weighted by atomic mass is 10.1. The number of nitrogens with zero attached hydrogens (tertiary/aromatic N) is 3. The van der Waals surface area contributed by atoms with Gasteiger partial charge in [-0.05, 0) is 35.9 Å². The molecule has 0 radical (unpaired) electrons. The van der Waals surface area contributed by atoms with Crippen molar-refractivity contribution in [3.05, 3.63) is 65.5 Å². The molecule has 28 heavy (non-hydrogen) atoms. The maximum Gasteiger partial charge on any atom is 0.335 e. The summed E-state index contributed by atoms with van der Waals surface area (Å²) in [6.45, 7) is 0. The molecule has 0 bridgehead atoms. The molecule has 2 heterocycles. The molecule has 0 unspecified atom stereocenters. The van der Waals surface area contributed by atoms with Crippen LogP contribution in [0.5, 0.6) is 0 Å². The first-order valence-electron chi connectivity index (χ1n) is 8.11. The summed E-state index contributed by atoms with van der Waals surface area (Å²) in [7, 11) is 0. The molecule has 140 valence electrons. The number of imidazole rings is 1. The number of rotatable bonds is 6. The van der Waals surface area contributed by atoms with Gasteiger partial charge in [0.2, 0.25) is 5.13 Å². The Labute approximate surface area is 167 Å². The van der Waals surface area contributed by atoms with E-state index in [-0.39, 0.29) is 11.5 Å². The minimum absolute atomic E-state index is 0.253. The van der Waals surface area contributed by atoms with Crippen molar-refractivity contribution in [2.75, 3.05) is 5.32 Å². The highest BCUT2D eigenvalue weighted by molar-refractivity contribution is 8.00. The highest BCUT2D eigenvalue weighted by atomic mass is 32.2. The maximum atomic E-state index is 12.4. The number of hydrogen-bond donors (Lipinski definition) is 3. The van der Waals surface area contributed by atoms with E-state index in [1.54, 1.807) is 48.8 Å². The van der Waals surface area contributed by atoms with Crippen LogP contribution in [-0.4, -0.2) is 37.1 Å². The molecule has 0 saturated carbocycles. The van der Waals surface area contributed by atoms with E-state index in [1.165, 1.54) is 23.1 Å². The number of nitrogens with one attached hydrogen (secondary N) is 2. The van der Waals surface area contributed by atoms with E-state index < -0.39 is 5.97 Å². The number of thioether (sulfide) groups is 1. The highest BCUT2D eigenvalue weighted by Crippen LogP contribution is 2.28. The lowest BCUT2D eigenvalue weighted by Gasteiger charge is -2.01. The third-order valence-electron chi connectivity index (χ3n) is 3.87. The fourth-order valence-corrected chi connectivity index (χ4v) is 4.16. The first-order chi connectivity index (χ1) is 13.6. The van der Waals surface area contributed by atoms with E-state index in [0.29, 0.717) is 20.8 Å². The molecule has 0 fully saturated rings. The summed E-state index contributed by atoms with van der Waals surface area (Å²) in [5.74, 6) is -0.595. The lowest BCUT2D eigenvalue weighted by molar-refractivity contribution is 0.0696. The average molecular weight is 411 g/mol. The number of benzene rings is 2. The lowest BCUT2D eigenvalue weighted by Crippen LogP contribution is -2.11. The van der Waals surface area contributed by atoms with Crippen molar-refractivity contribution in [3.8, 4) is 0 Å². The Bertz CT molecular complexity index is 1150. The Kier molecular flexibility index (Phi) is 5.04. The number of anilines is 1.